The number of thioether (sulfide) groups is 1. The van der Waals surface area contributed by atoms with Crippen LogP contribution in [0.15, 0.2) is 0 Å². The number of hydrogen-bond acceptors (Lipinski definition) is 5. The van der Waals surface area contributed by atoms with E-state index >= 15 is 0 Å². The highest BCUT2D eigenvalue weighted by Gasteiger charge is 2.30. The number of hydrogen-bond donors (Lipinski definition) is 0. The zero-order valence-electron chi connectivity index (χ0n) is 9.61. The molecule has 1 heterocycles. The van der Waals surface area contributed by atoms with Crippen LogP contribution in [0.25, 0.3) is 0 Å². The van der Waals surface area contributed by atoms with E-state index in [2.05, 4.69) is 0 Å². The molecule has 1 fully saturated rings. The molecule has 0 aromatic rings. The maximum Gasteiger partial charge on any atom is 0.308 e. The Bertz CT molecular complexity index is 305. The summed E-state index contributed by atoms with van der Waals surface area (Å²) in [6, 6.07) is 0. The van der Waals surface area contributed by atoms with E-state index in [0.29, 0.717) is 0 Å². The van der Waals surface area contributed by atoms with E-state index in [0.717, 1.165) is 16.7 Å². The zero-order valence-corrected chi connectivity index (χ0v) is 10.4. The van der Waals surface area contributed by atoms with Crippen molar-refractivity contribution in [3.05, 3.63) is 0 Å². The van der Waals surface area contributed by atoms with E-state index < -0.39 is 11.6 Å². The quantitative estimate of drug-likeness (QED) is 0.703. The Morgan fingerprint density at radius 3 is 2.50 bits per heavy atom. The number of nitrogens with zero attached hydrogens (tertiary/aromatic N) is 1. The monoisotopic (exact) mass is 245 g/mol. The molecule has 0 unspecified atom stereocenters. The SMILES string of the molecule is CC(C)(C)OC(=O)CCN1C(=O)CSC1=O. The second-order valence-electron chi connectivity index (χ2n) is 4.44. The van der Waals surface area contributed by atoms with Crippen molar-refractivity contribution in [3.63, 3.8) is 0 Å². The largest absolute Gasteiger partial charge is 0.460 e. The molecule has 0 aromatic heterocycles. The standard InChI is InChI=1S/C10H15NO4S/c1-10(2,3)15-8(13)4-5-11-7(12)6-16-9(11)14/h4-6H2,1-3H3. The van der Waals surface area contributed by atoms with E-state index in [-0.39, 0.29) is 29.9 Å². The highest BCUT2D eigenvalue weighted by atomic mass is 32.2. The van der Waals surface area contributed by atoms with Crippen LogP contribution in [0, 0.1) is 0 Å². The van der Waals surface area contributed by atoms with Crippen molar-refractivity contribution in [2.24, 2.45) is 0 Å². The number of ether oxygens (including phenoxy) is 1. The minimum atomic E-state index is -0.537. The van der Waals surface area contributed by atoms with Gasteiger partial charge in [-0.25, -0.2) is 0 Å². The first-order valence-corrected chi connectivity index (χ1v) is 5.97. The fourth-order valence-electron chi connectivity index (χ4n) is 1.19. The van der Waals surface area contributed by atoms with Crippen LogP contribution in [0.5, 0.6) is 0 Å². The first kappa shape index (κ1) is 13.0. The van der Waals surface area contributed by atoms with Gasteiger partial charge in [-0.1, -0.05) is 11.8 Å². The highest BCUT2D eigenvalue weighted by molar-refractivity contribution is 8.14. The summed E-state index contributed by atoms with van der Waals surface area (Å²) in [6.45, 7) is 5.42. The second-order valence-corrected chi connectivity index (χ2v) is 5.36. The number of carbonyl (C=O) groups is 3. The van der Waals surface area contributed by atoms with Gasteiger partial charge < -0.3 is 4.74 Å². The lowest BCUT2D eigenvalue weighted by Gasteiger charge is -2.20. The third-order valence-corrected chi connectivity index (χ3v) is 2.66. The minimum Gasteiger partial charge on any atom is -0.460 e. The molecule has 0 N–H and O–H groups in total. The third kappa shape index (κ3) is 3.84. The lowest BCUT2D eigenvalue weighted by Crippen LogP contribution is -2.32. The van der Waals surface area contributed by atoms with Gasteiger partial charge in [-0.15, -0.1) is 0 Å². The molecule has 0 aliphatic carbocycles. The van der Waals surface area contributed by atoms with Crippen molar-refractivity contribution in [2.45, 2.75) is 32.8 Å². The molecule has 0 saturated carbocycles. The summed E-state index contributed by atoms with van der Waals surface area (Å²) in [6.07, 6.45) is 0.0509. The molecule has 0 radical (unpaired) electrons. The number of imide groups is 1. The Balaban J connectivity index is 2.37. The van der Waals surface area contributed by atoms with Gasteiger partial charge in [-0.2, -0.15) is 0 Å². The molecule has 0 spiro atoms. The zero-order chi connectivity index (χ0) is 12.3. The summed E-state index contributed by atoms with van der Waals surface area (Å²) < 4.78 is 5.07. The van der Waals surface area contributed by atoms with Crippen molar-refractivity contribution in [1.82, 2.24) is 4.90 Å². The second kappa shape index (κ2) is 4.86. The topological polar surface area (TPSA) is 63.7 Å². The van der Waals surface area contributed by atoms with Crippen LogP contribution in [0.4, 0.5) is 4.79 Å². The van der Waals surface area contributed by atoms with Crippen LogP contribution >= 0.6 is 11.8 Å². The van der Waals surface area contributed by atoms with Crippen molar-refractivity contribution < 1.29 is 19.1 Å². The smallest absolute Gasteiger partial charge is 0.308 e. The first-order chi connectivity index (χ1) is 7.29. The molecule has 0 atom stereocenters. The van der Waals surface area contributed by atoms with Crippen LogP contribution in [0.1, 0.15) is 27.2 Å². The highest BCUT2D eigenvalue weighted by Crippen LogP contribution is 2.19. The molecule has 90 valence electrons. The molecule has 0 aromatic carbocycles. The number of rotatable bonds is 3. The van der Waals surface area contributed by atoms with Crippen LogP contribution in [0.2, 0.25) is 0 Å². The Morgan fingerprint density at radius 1 is 1.44 bits per heavy atom. The molecule has 0 bridgehead atoms. The van der Waals surface area contributed by atoms with Crippen LogP contribution in [0.3, 0.4) is 0 Å². The lowest BCUT2D eigenvalue weighted by molar-refractivity contribution is -0.155. The summed E-state index contributed by atoms with van der Waals surface area (Å²) in [5.74, 6) is -0.462. The van der Waals surface area contributed by atoms with E-state index in [4.69, 9.17) is 4.74 Å². The molecule has 6 heteroatoms. The molecule has 16 heavy (non-hydrogen) atoms. The molecular weight excluding hydrogens is 230 g/mol. The Morgan fingerprint density at radius 2 is 2.06 bits per heavy atom. The van der Waals surface area contributed by atoms with Gasteiger partial charge >= 0.3 is 5.97 Å². The van der Waals surface area contributed by atoms with Gasteiger partial charge in [0.25, 0.3) is 5.24 Å². The van der Waals surface area contributed by atoms with E-state index in [1.807, 2.05) is 0 Å². The van der Waals surface area contributed by atoms with Crippen LogP contribution in [-0.4, -0.2) is 39.9 Å². The molecule has 5 nitrogen and oxygen atoms in total. The predicted molar refractivity (Wildman–Crippen MR) is 60.0 cm³/mol. The van der Waals surface area contributed by atoms with Gasteiger partial charge in [-0.05, 0) is 20.8 Å². The molecule has 1 rings (SSSR count). The van der Waals surface area contributed by atoms with Crippen molar-refractivity contribution >= 4 is 28.9 Å². The summed E-state index contributed by atoms with van der Waals surface area (Å²) in [5, 5.41) is -0.284. The summed E-state index contributed by atoms with van der Waals surface area (Å²) in [4.78, 5) is 34.9. The van der Waals surface area contributed by atoms with Crippen molar-refractivity contribution in [1.29, 1.82) is 0 Å². The van der Waals surface area contributed by atoms with Crippen molar-refractivity contribution in [2.75, 3.05) is 12.3 Å². The Hall–Kier alpha value is -1.04. The van der Waals surface area contributed by atoms with Crippen LogP contribution in [-0.2, 0) is 14.3 Å². The van der Waals surface area contributed by atoms with Gasteiger partial charge in [0.2, 0.25) is 5.91 Å². The fraction of sp³-hybridized carbons (Fsp3) is 0.700. The number of amides is 2. The molecule has 1 aliphatic rings. The Labute approximate surface area is 98.5 Å². The average Bonchev–Trinajstić information content (AvgIpc) is 2.41. The van der Waals surface area contributed by atoms with Gasteiger partial charge in [0.05, 0.1) is 12.2 Å². The van der Waals surface area contributed by atoms with Crippen LogP contribution < -0.4 is 0 Å². The average molecular weight is 245 g/mol. The van der Waals surface area contributed by atoms with E-state index in [9.17, 15) is 14.4 Å². The molecular formula is C10H15NO4S. The lowest BCUT2D eigenvalue weighted by atomic mass is 10.2. The minimum absolute atomic E-state index is 0.0509. The van der Waals surface area contributed by atoms with Gasteiger partial charge in [0, 0.05) is 6.54 Å². The number of esters is 1. The summed E-state index contributed by atoms with van der Waals surface area (Å²) in [7, 11) is 0. The van der Waals surface area contributed by atoms with Gasteiger partial charge in [0.1, 0.15) is 5.60 Å². The van der Waals surface area contributed by atoms with E-state index in [1.54, 1.807) is 20.8 Å². The summed E-state index contributed by atoms with van der Waals surface area (Å²) in [5.41, 5.74) is -0.537. The van der Waals surface area contributed by atoms with Crippen molar-refractivity contribution in [3.8, 4) is 0 Å². The number of carbonyl (C=O) groups excluding carboxylic acids is 3. The first-order valence-electron chi connectivity index (χ1n) is 4.98. The van der Waals surface area contributed by atoms with Gasteiger partial charge in [0.15, 0.2) is 0 Å². The van der Waals surface area contributed by atoms with E-state index in [1.165, 1.54) is 0 Å². The van der Waals surface area contributed by atoms with Gasteiger partial charge in [-0.3, -0.25) is 19.3 Å². The predicted octanol–water partition coefficient (Wildman–Crippen LogP) is 1.41. The summed E-state index contributed by atoms with van der Waals surface area (Å²) >= 11 is 0.964. The third-order valence-electron chi connectivity index (χ3n) is 1.80. The molecule has 1 aliphatic heterocycles. The fourth-order valence-corrected chi connectivity index (χ4v) is 1.94. The molecule has 1 saturated heterocycles. The molecule has 2 amide bonds. The normalized spacial score (nSPS) is 16.8. The Kier molecular flexibility index (Phi) is 3.96. The maximum absolute atomic E-state index is 11.4. The maximum atomic E-state index is 11.4.